The van der Waals surface area contributed by atoms with Crippen LogP contribution < -0.4 is 14.4 Å². The maximum Gasteiger partial charge on any atom is 0.264 e. The number of halogens is 1. The number of para-hydroxylation sites is 1. The first-order valence-corrected chi connectivity index (χ1v) is 16.0. The standard InChI is InChI=1S/C34H36ClN3O5S/c1-25(2)36-34(40)32(22-26-11-6-4-7-12-26)37(23-27-13-10-14-28(35)21-27)33(39)24-38(29-15-8-5-9-16-29)44(41,42)31-19-17-30(43-3)18-20-31/h4-21,25,32H,22-24H2,1-3H3,(H,36,40)/t32-/m0/s1. The average Bonchev–Trinajstić information content (AvgIpc) is 3.02. The number of nitrogens with zero attached hydrogens (tertiary/aromatic N) is 2. The van der Waals surface area contributed by atoms with Crippen LogP contribution in [0.25, 0.3) is 0 Å². The van der Waals surface area contributed by atoms with Crippen LogP contribution in [0.2, 0.25) is 5.02 Å². The van der Waals surface area contributed by atoms with E-state index in [2.05, 4.69) is 5.32 Å². The second-order valence-electron chi connectivity index (χ2n) is 10.5. The molecule has 0 fully saturated rings. The van der Waals surface area contributed by atoms with Gasteiger partial charge >= 0.3 is 0 Å². The zero-order valence-electron chi connectivity index (χ0n) is 24.9. The summed E-state index contributed by atoms with van der Waals surface area (Å²) in [4.78, 5) is 29.6. The van der Waals surface area contributed by atoms with Gasteiger partial charge in [-0.1, -0.05) is 72.3 Å². The number of benzene rings is 4. The van der Waals surface area contributed by atoms with E-state index in [1.54, 1.807) is 60.7 Å². The molecule has 0 heterocycles. The summed E-state index contributed by atoms with van der Waals surface area (Å²) >= 11 is 6.28. The van der Waals surface area contributed by atoms with Gasteiger partial charge in [-0.15, -0.1) is 0 Å². The number of methoxy groups -OCH3 is 1. The third-order valence-corrected chi connectivity index (χ3v) is 8.94. The molecule has 1 N–H and O–H groups in total. The number of carbonyl (C=O) groups excluding carboxylic acids is 2. The summed E-state index contributed by atoms with van der Waals surface area (Å²) in [7, 11) is -2.71. The number of hydrogen-bond donors (Lipinski definition) is 1. The van der Waals surface area contributed by atoms with Gasteiger partial charge in [0.05, 0.1) is 17.7 Å². The van der Waals surface area contributed by atoms with Gasteiger partial charge in [-0.2, -0.15) is 0 Å². The Bertz CT molecular complexity index is 1650. The van der Waals surface area contributed by atoms with Gasteiger partial charge in [0.15, 0.2) is 0 Å². The SMILES string of the molecule is COc1ccc(S(=O)(=O)N(CC(=O)N(Cc2cccc(Cl)c2)[C@@H](Cc2ccccc2)C(=O)NC(C)C)c2ccccc2)cc1. The second-order valence-corrected chi connectivity index (χ2v) is 12.8. The molecular weight excluding hydrogens is 598 g/mol. The van der Waals surface area contributed by atoms with Crippen molar-refractivity contribution in [2.75, 3.05) is 18.0 Å². The first-order valence-electron chi connectivity index (χ1n) is 14.2. The highest BCUT2D eigenvalue weighted by atomic mass is 35.5. The third-order valence-electron chi connectivity index (χ3n) is 6.91. The second kappa shape index (κ2) is 14.9. The van der Waals surface area contributed by atoms with Gasteiger partial charge in [-0.3, -0.25) is 13.9 Å². The van der Waals surface area contributed by atoms with E-state index in [0.717, 1.165) is 9.87 Å². The Morgan fingerprint density at radius 2 is 1.45 bits per heavy atom. The molecular formula is C34H36ClN3O5S. The predicted molar refractivity (Wildman–Crippen MR) is 173 cm³/mol. The molecule has 0 aliphatic heterocycles. The fourth-order valence-electron chi connectivity index (χ4n) is 4.76. The Morgan fingerprint density at radius 3 is 2.05 bits per heavy atom. The molecule has 8 nitrogen and oxygen atoms in total. The van der Waals surface area contributed by atoms with Crippen molar-refractivity contribution in [2.24, 2.45) is 0 Å². The van der Waals surface area contributed by atoms with E-state index in [1.165, 1.54) is 24.1 Å². The minimum absolute atomic E-state index is 0.00488. The van der Waals surface area contributed by atoms with Gasteiger partial charge in [-0.05, 0) is 73.5 Å². The maximum absolute atomic E-state index is 14.4. The fraction of sp³-hybridized carbons (Fsp3) is 0.235. The molecule has 4 aromatic rings. The number of hydrogen-bond acceptors (Lipinski definition) is 5. The monoisotopic (exact) mass is 633 g/mol. The fourth-order valence-corrected chi connectivity index (χ4v) is 6.39. The number of sulfonamides is 1. The first-order chi connectivity index (χ1) is 21.1. The van der Waals surface area contributed by atoms with Gasteiger partial charge in [0.1, 0.15) is 18.3 Å². The molecule has 0 unspecified atom stereocenters. The molecule has 0 spiro atoms. The van der Waals surface area contributed by atoms with Crippen LogP contribution in [0, 0.1) is 0 Å². The van der Waals surface area contributed by atoms with Crippen LogP contribution in [0.15, 0.2) is 114 Å². The van der Waals surface area contributed by atoms with Crippen molar-refractivity contribution in [2.45, 2.75) is 43.8 Å². The lowest BCUT2D eigenvalue weighted by Crippen LogP contribution is -2.54. The van der Waals surface area contributed by atoms with Crippen LogP contribution in [0.4, 0.5) is 5.69 Å². The lowest BCUT2D eigenvalue weighted by Gasteiger charge is -2.34. The zero-order chi connectivity index (χ0) is 31.7. The Hall–Kier alpha value is -4.34. The van der Waals surface area contributed by atoms with Gasteiger partial charge in [0.2, 0.25) is 11.8 Å². The lowest BCUT2D eigenvalue weighted by molar-refractivity contribution is -0.140. The molecule has 0 aliphatic carbocycles. The lowest BCUT2D eigenvalue weighted by atomic mass is 10.0. The summed E-state index contributed by atoms with van der Waals surface area (Å²) in [5, 5.41) is 3.43. The van der Waals surface area contributed by atoms with Gasteiger partial charge in [0.25, 0.3) is 10.0 Å². The van der Waals surface area contributed by atoms with E-state index in [0.29, 0.717) is 22.0 Å². The van der Waals surface area contributed by atoms with Crippen molar-refractivity contribution in [3.8, 4) is 5.75 Å². The number of anilines is 1. The molecule has 10 heteroatoms. The van der Waals surface area contributed by atoms with Crippen molar-refractivity contribution >= 4 is 39.1 Å². The van der Waals surface area contributed by atoms with Gasteiger partial charge in [-0.25, -0.2) is 8.42 Å². The topological polar surface area (TPSA) is 96.0 Å². The summed E-state index contributed by atoms with van der Waals surface area (Å²) in [6.45, 7) is 3.19. The first kappa shape index (κ1) is 32.6. The largest absolute Gasteiger partial charge is 0.497 e. The zero-order valence-corrected chi connectivity index (χ0v) is 26.5. The number of rotatable bonds is 13. The Kier molecular flexibility index (Phi) is 11.0. The molecule has 0 saturated heterocycles. The van der Waals surface area contributed by atoms with Crippen LogP contribution in [-0.2, 0) is 32.6 Å². The van der Waals surface area contributed by atoms with Crippen LogP contribution in [-0.4, -0.2) is 50.9 Å². The number of carbonyl (C=O) groups is 2. The molecule has 0 aliphatic rings. The Morgan fingerprint density at radius 1 is 0.841 bits per heavy atom. The van der Waals surface area contributed by atoms with E-state index in [4.69, 9.17) is 16.3 Å². The van der Waals surface area contributed by atoms with E-state index in [1.807, 2.05) is 50.2 Å². The van der Waals surface area contributed by atoms with E-state index >= 15 is 0 Å². The summed E-state index contributed by atoms with van der Waals surface area (Å²) in [5.41, 5.74) is 1.86. The molecule has 0 aromatic heterocycles. The van der Waals surface area contributed by atoms with Crippen molar-refractivity contribution in [3.63, 3.8) is 0 Å². The molecule has 0 bridgehead atoms. The van der Waals surface area contributed by atoms with Gasteiger partial charge < -0.3 is 15.0 Å². The molecule has 1 atom stereocenters. The third kappa shape index (κ3) is 8.39. The normalized spacial score (nSPS) is 11.9. The van der Waals surface area contributed by atoms with Crippen LogP contribution >= 0.6 is 11.6 Å². The molecule has 44 heavy (non-hydrogen) atoms. The maximum atomic E-state index is 14.4. The van der Waals surface area contributed by atoms with Gasteiger partial charge in [0, 0.05) is 24.0 Å². The average molecular weight is 634 g/mol. The van der Waals surface area contributed by atoms with Crippen molar-refractivity contribution in [3.05, 3.63) is 125 Å². The highest BCUT2D eigenvalue weighted by Crippen LogP contribution is 2.26. The summed E-state index contributed by atoms with van der Waals surface area (Å²) in [6.07, 6.45) is 0.224. The highest BCUT2D eigenvalue weighted by Gasteiger charge is 2.34. The number of amides is 2. The van der Waals surface area contributed by atoms with Crippen LogP contribution in [0.5, 0.6) is 5.75 Å². The van der Waals surface area contributed by atoms with Crippen molar-refractivity contribution < 1.29 is 22.7 Å². The van der Waals surface area contributed by atoms with E-state index in [9.17, 15) is 18.0 Å². The molecule has 2 amide bonds. The minimum Gasteiger partial charge on any atom is -0.497 e. The van der Waals surface area contributed by atoms with Crippen molar-refractivity contribution in [1.29, 1.82) is 0 Å². The molecule has 230 valence electrons. The Balaban J connectivity index is 1.78. The van der Waals surface area contributed by atoms with Crippen LogP contribution in [0.1, 0.15) is 25.0 Å². The predicted octanol–water partition coefficient (Wildman–Crippen LogP) is 5.71. The smallest absolute Gasteiger partial charge is 0.264 e. The highest BCUT2D eigenvalue weighted by molar-refractivity contribution is 7.92. The van der Waals surface area contributed by atoms with E-state index in [-0.39, 0.29) is 29.8 Å². The van der Waals surface area contributed by atoms with Crippen molar-refractivity contribution in [1.82, 2.24) is 10.2 Å². The summed E-state index contributed by atoms with van der Waals surface area (Å²) in [5.74, 6) is -0.395. The number of ether oxygens (including phenoxy) is 1. The molecule has 0 saturated carbocycles. The quantitative estimate of drug-likeness (QED) is 0.204. The van der Waals surface area contributed by atoms with Crippen LogP contribution in [0.3, 0.4) is 0 Å². The summed E-state index contributed by atoms with van der Waals surface area (Å²) in [6, 6.07) is 29.7. The molecule has 4 rings (SSSR count). The summed E-state index contributed by atoms with van der Waals surface area (Å²) < 4.78 is 34.4. The molecule has 4 aromatic carbocycles. The minimum atomic E-state index is -4.20. The van der Waals surface area contributed by atoms with E-state index < -0.39 is 28.5 Å². The Labute approximate surface area is 264 Å². The molecule has 0 radical (unpaired) electrons. The number of nitrogens with one attached hydrogen (secondary N) is 1.